The average molecular weight is 346 g/mol. The van der Waals surface area contributed by atoms with E-state index in [2.05, 4.69) is 21.2 Å². The van der Waals surface area contributed by atoms with Crippen LogP contribution in [0, 0.1) is 0 Å². The molecule has 106 valence electrons. The topological polar surface area (TPSA) is 51.5 Å². The molecule has 2 aromatic carbocycles. The highest BCUT2D eigenvalue weighted by Crippen LogP contribution is 2.26. The Bertz CT molecular complexity index is 810. The van der Waals surface area contributed by atoms with Crippen molar-refractivity contribution in [1.29, 1.82) is 0 Å². The van der Waals surface area contributed by atoms with E-state index in [-0.39, 0.29) is 11.7 Å². The van der Waals surface area contributed by atoms with Gasteiger partial charge >= 0.3 is 0 Å². The largest absolute Gasteiger partial charge is 0.495 e. The smallest absolute Gasteiger partial charge is 0.291 e. The van der Waals surface area contributed by atoms with Crippen LogP contribution in [0.5, 0.6) is 5.75 Å². The third kappa shape index (κ3) is 2.78. The van der Waals surface area contributed by atoms with Crippen molar-refractivity contribution in [1.82, 2.24) is 0 Å². The van der Waals surface area contributed by atoms with Gasteiger partial charge in [-0.05, 0) is 36.4 Å². The quantitative estimate of drug-likeness (QED) is 0.762. The van der Waals surface area contributed by atoms with Crippen LogP contribution < -0.4 is 10.1 Å². The number of carbonyl (C=O) groups excluding carboxylic acids is 1. The van der Waals surface area contributed by atoms with Gasteiger partial charge in [-0.1, -0.05) is 28.1 Å². The van der Waals surface area contributed by atoms with Crippen LogP contribution in [-0.4, -0.2) is 13.0 Å². The highest BCUT2D eigenvalue weighted by atomic mass is 79.9. The van der Waals surface area contributed by atoms with Crippen molar-refractivity contribution in [3.8, 4) is 5.75 Å². The fourth-order valence-electron chi connectivity index (χ4n) is 2.06. The predicted octanol–water partition coefficient (Wildman–Crippen LogP) is 4.46. The zero-order valence-corrected chi connectivity index (χ0v) is 12.8. The first-order chi connectivity index (χ1) is 10.2. The van der Waals surface area contributed by atoms with Gasteiger partial charge in [0.25, 0.3) is 5.91 Å². The van der Waals surface area contributed by atoms with Crippen molar-refractivity contribution < 1.29 is 13.9 Å². The van der Waals surface area contributed by atoms with Gasteiger partial charge in [-0.2, -0.15) is 0 Å². The standard InChI is InChI=1S/C16H12BrNO3/c1-20-14-5-3-2-4-12(14)18-16(19)15-9-10-8-11(17)6-7-13(10)21-15/h2-9H,1H3,(H,18,19). The van der Waals surface area contributed by atoms with Gasteiger partial charge in [0.1, 0.15) is 11.3 Å². The van der Waals surface area contributed by atoms with E-state index in [1.165, 1.54) is 0 Å². The summed E-state index contributed by atoms with van der Waals surface area (Å²) >= 11 is 3.39. The van der Waals surface area contributed by atoms with Crippen LogP contribution >= 0.6 is 15.9 Å². The molecule has 0 bridgehead atoms. The molecule has 3 aromatic rings. The maximum Gasteiger partial charge on any atom is 0.291 e. The number of nitrogens with one attached hydrogen (secondary N) is 1. The minimum absolute atomic E-state index is 0.258. The van der Waals surface area contributed by atoms with Gasteiger partial charge in [0.15, 0.2) is 5.76 Å². The second-order valence-corrected chi connectivity index (χ2v) is 5.36. The van der Waals surface area contributed by atoms with E-state index >= 15 is 0 Å². The zero-order valence-electron chi connectivity index (χ0n) is 11.2. The Labute approximate surface area is 129 Å². The number of hydrogen-bond acceptors (Lipinski definition) is 3. The second-order valence-electron chi connectivity index (χ2n) is 4.45. The lowest BCUT2D eigenvalue weighted by Gasteiger charge is -2.08. The van der Waals surface area contributed by atoms with Crippen molar-refractivity contribution in [3.05, 3.63) is 58.8 Å². The number of amides is 1. The number of benzene rings is 2. The molecular formula is C16H12BrNO3. The number of ether oxygens (including phenoxy) is 1. The number of carbonyl (C=O) groups is 1. The number of fused-ring (bicyclic) bond motifs is 1. The molecule has 0 saturated heterocycles. The predicted molar refractivity (Wildman–Crippen MR) is 84.9 cm³/mol. The Morgan fingerprint density at radius 3 is 2.81 bits per heavy atom. The maximum absolute atomic E-state index is 12.3. The Balaban J connectivity index is 1.90. The average Bonchev–Trinajstić information content (AvgIpc) is 2.91. The Morgan fingerprint density at radius 2 is 2.00 bits per heavy atom. The van der Waals surface area contributed by atoms with Gasteiger partial charge in [0, 0.05) is 9.86 Å². The molecule has 1 aromatic heterocycles. The molecule has 0 saturated carbocycles. The Hall–Kier alpha value is -2.27. The Kier molecular flexibility index (Phi) is 3.66. The van der Waals surface area contributed by atoms with E-state index in [9.17, 15) is 4.79 Å². The number of rotatable bonds is 3. The number of hydrogen-bond donors (Lipinski definition) is 1. The summed E-state index contributed by atoms with van der Waals surface area (Å²) in [5, 5.41) is 3.65. The summed E-state index contributed by atoms with van der Waals surface area (Å²) in [5.74, 6) is 0.547. The molecular weight excluding hydrogens is 334 g/mol. The van der Waals surface area contributed by atoms with E-state index in [1.807, 2.05) is 30.3 Å². The van der Waals surface area contributed by atoms with Crippen LogP contribution in [0.25, 0.3) is 11.0 Å². The molecule has 0 atom stereocenters. The number of methoxy groups -OCH3 is 1. The van der Waals surface area contributed by atoms with Crippen molar-refractivity contribution in [3.63, 3.8) is 0 Å². The molecule has 1 heterocycles. The van der Waals surface area contributed by atoms with E-state index in [0.717, 1.165) is 9.86 Å². The van der Waals surface area contributed by atoms with Gasteiger partial charge in [-0.15, -0.1) is 0 Å². The monoisotopic (exact) mass is 345 g/mol. The molecule has 0 radical (unpaired) electrons. The van der Waals surface area contributed by atoms with Gasteiger partial charge in [0.2, 0.25) is 0 Å². The van der Waals surface area contributed by atoms with Crippen LogP contribution in [0.3, 0.4) is 0 Å². The molecule has 21 heavy (non-hydrogen) atoms. The summed E-state index contributed by atoms with van der Waals surface area (Å²) in [5.41, 5.74) is 1.27. The van der Waals surface area contributed by atoms with Crippen LogP contribution in [-0.2, 0) is 0 Å². The van der Waals surface area contributed by atoms with Gasteiger partial charge in [-0.25, -0.2) is 0 Å². The van der Waals surface area contributed by atoms with Crippen LogP contribution in [0.15, 0.2) is 57.4 Å². The van der Waals surface area contributed by atoms with Crippen LogP contribution in [0.4, 0.5) is 5.69 Å². The molecule has 0 unspecified atom stereocenters. The Morgan fingerprint density at radius 1 is 1.19 bits per heavy atom. The van der Waals surface area contributed by atoms with Crippen molar-refractivity contribution in [2.75, 3.05) is 12.4 Å². The lowest BCUT2D eigenvalue weighted by atomic mass is 10.2. The molecule has 0 fully saturated rings. The summed E-state index contributed by atoms with van der Waals surface area (Å²) in [7, 11) is 1.56. The van der Waals surface area contributed by atoms with Crippen molar-refractivity contribution in [2.24, 2.45) is 0 Å². The lowest BCUT2D eigenvalue weighted by Crippen LogP contribution is -2.11. The highest BCUT2D eigenvalue weighted by Gasteiger charge is 2.14. The third-order valence-corrected chi connectivity index (χ3v) is 3.55. The maximum atomic E-state index is 12.3. The van der Waals surface area contributed by atoms with Gasteiger partial charge in [-0.3, -0.25) is 4.79 Å². The highest BCUT2D eigenvalue weighted by molar-refractivity contribution is 9.10. The molecule has 0 aliphatic heterocycles. The first-order valence-corrected chi connectivity index (χ1v) is 7.10. The first kappa shape index (κ1) is 13.7. The number of para-hydroxylation sites is 2. The van der Waals surface area contributed by atoms with Crippen LogP contribution in [0.1, 0.15) is 10.6 Å². The summed E-state index contributed by atoms with van der Waals surface area (Å²) in [6, 6.07) is 14.5. The molecule has 0 spiro atoms. The second kappa shape index (κ2) is 5.61. The molecule has 4 nitrogen and oxygen atoms in total. The summed E-state index contributed by atoms with van der Waals surface area (Å²) < 4.78 is 11.7. The van der Waals surface area contributed by atoms with E-state index in [0.29, 0.717) is 17.0 Å². The van der Waals surface area contributed by atoms with Gasteiger partial charge in [0.05, 0.1) is 12.8 Å². The van der Waals surface area contributed by atoms with Gasteiger partial charge < -0.3 is 14.5 Å². The van der Waals surface area contributed by atoms with E-state index in [1.54, 1.807) is 25.3 Å². The fourth-order valence-corrected chi connectivity index (χ4v) is 2.44. The molecule has 1 N–H and O–H groups in total. The number of anilines is 1. The van der Waals surface area contributed by atoms with Crippen LogP contribution in [0.2, 0.25) is 0 Å². The summed E-state index contributed by atoms with van der Waals surface area (Å²) in [4.78, 5) is 12.3. The third-order valence-electron chi connectivity index (χ3n) is 3.06. The summed E-state index contributed by atoms with van der Waals surface area (Å²) in [6.07, 6.45) is 0. The molecule has 0 aliphatic rings. The minimum atomic E-state index is -0.313. The SMILES string of the molecule is COc1ccccc1NC(=O)c1cc2cc(Br)ccc2o1. The fraction of sp³-hybridized carbons (Fsp3) is 0.0625. The molecule has 0 aliphatic carbocycles. The number of furan rings is 1. The van der Waals surface area contributed by atoms with E-state index < -0.39 is 0 Å². The zero-order chi connectivity index (χ0) is 14.8. The summed E-state index contributed by atoms with van der Waals surface area (Å²) in [6.45, 7) is 0. The normalized spacial score (nSPS) is 10.6. The van der Waals surface area contributed by atoms with E-state index in [4.69, 9.17) is 9.15 Å². The number of halogens is 1. The minimum Gasteiger partial charge on any atom is -0.495 e. The van der Waals surface area contributed by atoms with Crippen molar-refractivity contribution in [2.45, 2.75) is 0 Å². The lowest BCUT2D eigenvalue weighted by molar-refractivity contribution is 0.0998. The van der Waals surface area contributed by atoms with Crippen molar-refractivity contribution >= 4 is 38.5 Å². The molecule has 5 heteroatoms. The molecule has 3 rings (SSSR count). The first-order valence-electron chi connectivity index (χ1n) is 6.31. The molecule has 1 amide bonds.